The third-order valence-corrected chi connectivity index (χ3v) is 6.07. The quantitative estimate of drug-likeness (QED) is 0.285. The second-order valence-corrected chi connectivity index (χ2v) is 8.82. The number of hydrogen-bond donors (Lipinski definition) is 1. The smallest absolute Gasteiger partial charge is 0.253 e. The number of aryl methyl sites for hydroxylation is 1. The predicted molar refractivity (Wildman–Crippen MR) is 123 cm³/mol. The zero-order valence-electron chi connectivity index (χ0n) is 16.3. The van der Waals surface area contributed by atoms with Gasteiger partial charge >= 0.3 is 0 Å². The number of amides is 1. The van der Waals surface area contributed by atoms with Crippen molar-refractivity contribution in [1.82, 2.24) is 9.99 Å². The van der Waals surface area contributed by atoms with E-state index in [2.05, 4.69) is 10.5 Å². The molecule has 0 saturated carbocycles. The SMILES string of the molecule is Cc1cc(/C=N\NC(=O)[C@H](C)Sc2ccccc2)c(C)n1-c1ccc(Cl)cc1Cl. The van der Waals surface area contributed by atoms with Crippen molar-refractivity contribution in [3.63, 3.8) is 0 Å². The molecule has 3 rings (SSSR count). The number of carbonyl (C=O) groups excluding carboxylic acids is 1. The highest BCUT2D eigenvalue weighted by Crippen LogP contribution is 2.28. The van der Waals surface area contributed by atoms with E-state index in [1.54, 1.807) is 18.3 Å². The molecule has 0 spiro atoms. The Morgan fingerprint density at radius 1 is 1.14 bits per heavy atom. The summed E-state index contributed by atoms with van der Waals surface area (Å²) in [6, 6.07) is 17.2. The molecule has 0 aliphatic heterocycles. The number of aromatic nitrogens is 1. The highest BCUT2D eigenvalue weighted by Gasteiger charge is 2.15. The Morgan fingerprint density at radius 2 is 1.86 bits per heavy atom. The largest absolute Gasteiger partial charge is 0.316 e. The second kappa shape index (κ2) is 9.53. The first-order chi connectivity index (χ1) is 13.9. The van der Waals surface area contributed by atoms with E-state index in [0.717, 1.165) is 27.5 Å². The summed E-state index contributed by atoms with van der Waals surface area (Å²) in [6.45, 7) is 5.83. The van der Waals surface area contributed by atoms with Gasteiger partial charge < -0.3 is 4.57 Å². The number of nitrogens with zero attached hydrogens (tertiary/aromatic N) is 2. The van der Waals surface area contributed by atoms with Crippen molar-refractivity contribution in [3.8, 4) is 5.69 Å². The summed E-state index contributed by atoms with van der Waals surface area (Å²) in [4.78, 5) is 13.4. The Bertz CT molecular complexity index is 1050. The fourth-order valence-corrected chi connectivity index (χ4v) is 4.34. The summed E-state index contributed by atoms with van der Waals surface area (Å²) in [5.74, 6) is -0.148. The van der Waals surface area contributed by atoms with Crippen molar-refractivity contribution in [2.24, 2.45) is 5.10 Å². The number of hydrazone groups is 1. The molecule has 1 N–H and O–H groups in total. The Balaban J connectivity index is 1.70. The Morgan fingerprint density at radius 3 is 2.55 bits per heavy atom. The van der Waals surface area contributed by atoms with Crippen LogP contribution in [0.15, 0.2) is 64.6 Å². The molecule has 0 saturated heterocycles. The van der Waals surface area contributed by atoms with Crippen LogP contribution in [0.25, 0.3) is 5.69 Å². The lowest BCUT2D eigenvalue weighted by Crippen LogP contribution is -2.26. The van der Waals surface area contributed by atoms with E-state index >= 15 is 0 Å². The van der Waals surface area contributed by atoms with Crippen LogP contribution in [-0.4, -0.2) is 21.9 Å². The molecule has 1 aromatic heterocycles. The summed E-state index contributed by atoms with van der Waals surface area (Å²) in [5.41, 5.74) is 6.35. The molecule has 29 heavy (non-hydrogen) atoms. The topological polar surface area (TPSA) is 46.4 Å². The molecule has 0 bridgehead atoms. The van der Waals surface area contributed by atoms with Crippen molar-refractivity contribution >= 4 is 47.1 Å². The normalized spacial score (nSPS) is 12.3. The molecule has 1 amide bonds. The first-order valence-corrected chi connectivity index (χ1v) is 10.7. The third kappa shape index (κ3) is 5.24. The standard InChI is InChI=1S/C22H21Cl2N3OS/c1-14-11-17(15(2)27(14)21-10-9-18(23)12-20(21)24)13-25-26-22(28)16(3)29-19-7-5-4-6-8-19/h4-13,16H,1-3H3,(H,26,28)/b25-13-/t16-/m0/s1. The highest BCUT2D eigenvalue weighted by atomic mass is 35.5. The van der Waals surface area contributed by atoms with Crippen LogP contribution in [-0.2, 0) is 4.79 Å². The van der Waals surface area contributed by atoms with Crippen molar-refractivity contribution in [1.29, 1.82) is 0 Å². The molecule has 2 aromatic carbocycles. The van der Waals surface area contributed by atoms with E-state index in [1.807, 2.05) is 67.8 Å². The molecular formula is C22H21Cl2N3OS. The summed E-state index contributed by atoms with van der Waals surface area (Å²) in [6.07, 6.45) is 1.65. The second-order valence-electron chi connectivity index (χ2n) is 6.56. The van der Waals surface area contributed by atoms with E-state index in [0.29, 0.717) is 10.0 Å². The minimum Gasteiger partial charge on any atom is -0.316 e. The van der Waals surface area contributed by atoms with E-state index < -0.39 is 0 Å². The molecule has 150 valence electrons. The van der Waals surface area contributed by atoms with Crippen LogP contribution in [0.5, 0.6) is 0 Å². The lowest BCUT2D eigenvalue weighted by molar-refractivity contribution is -0.120. The maximum Gasteiger partial charge on any atom is 0.253 e. The van der Waals surface area contributed by atoms with E-state index in [9.17, 15) is 4.79 Å². The number of carbonyl (C=O) groups is 1. The molecule has 1 atom stereocenters. The number of hydrogen-bond acceptors (Lipinski definition) is 3. The van der Waals surface area contributed by atoms with Crippen molar-refractivity contribution in [2.45, 2.75) is 30.9 Å². The average Bonchev–Trinajstić information content (AvgIpc) is 2.96. The van der Waals surface area contributed by atoms with Gasteiger partial charge in [-0.1, -0.05) is 41.4 Å². The van der Waals surface area contributed by atoms with Gasteiger partial charge in [-0.2, -0.15) is 5.10 Å². The molecule has 1 heterocycles. The van der Waals surface area contributed by atoms with Gasteiger partial charge in [0.2, 0.25) is 0 Å². The van der Waals surface area contributed by atoms with Crippen molar-refractivity contribution in [3.05, 3.63) is 81.6 Å². The van der Waals surface area contributed by atoms with E-state index in [1.165, 1.54) is 11.8 Å². The highest BCUT2D eigenvalue weighted by molar-refractivity contribution is 8.00. The first kappa shape index (κ1) is 21.5. The van der Waals surface area contributed by atoms with Gasteiger partial charge in [0.25, 0.3) is 5.91 Å². The van der Waals surface area contributed by atoms with Gasteiger partial charge in [0.1, 0.15) is 0 Å². The molecule has 7 heteroatoms. The van der Waals surface area contributed by atoms with Gasteiger partial charge in [-0.05, 0) is 57.2 Å². The van der Waals surface area contributed by atoms with Crippen LogP contribution in [0.1, 0.15) is 23.9 Å². The van der Waals surface area contributed by atoms with Crippen LogP contribution in [0.4, 0.5) is 0 Å². The fraction of sp³-hybridized carbons (Fsp3) is 0.182. The van der Waals surface area contributed by atoms with Crippen molar-refractivity contribution in [2.75, 3.05) is 0 Å². The molecule has 0 aliphatic rings. The molecule has 0 aliphatic carbocycles. The Hall–Kier alpha value is -2.21. The van der Waals surface area contributed by atoms with Crippen molar-refractivity contribution < 1.29 is 4.79 Å². The number of nitrogens with one attached hydrogen (secondary N) is 1. The summed E-state index contributed by atoms with van der Waals surface area (Å²) in [7, 11) is 0. The molecule has 0 unspecified atom stereocenters. The van der Waals surface area contributed by atoms with Gasteiger partial charge in [-0.15, -0.1) is 11.8 Å². The molecule has 0 radical (unpaired) electrons. The monoisotopic (exact) mass is 445 g/mol. The lowest BCUT2D eigenvalue weighted by atomic mass is 10.2. The minimum atomic E-state index is -0.255. The maximum atomic E-state index is 12.3. The van der Waals surface area contributed by atoms with Gasteiger partial charge in [0, 0.05) is 26.9 Å². The summed E-state index contributed by atoms with van der Waals surface area (Å²) in [5, 5.41) is 5.05. The number of benzene rings is 2. The minimum absolute atomic E-state index is 0.148. The van der Waals surface area contributed by atoms with Gasteiger partial charge in [0.05, 0.1) is 22.2 Å². The van der Waals surface area contributed by atoms with Gasteiger partial charge in [-0.3, -0.25) is 4.79 Å². The average molecular weight is 446 g/mol. The molecule has 4 nitrogen and oxygen atoms in total. The number of rotatable bonds is 6. The molecule has 0 fully saturated rings. The van der Waals surface area contributed by atoms with E-state index in [-0.39, 0.29) is 11.2 Å². The first-order valence-electron chi connectivity index (χ1n) is 9.06. The maximum absolute atomic E-state index is 12.3. The Kier molecular flexibility index (Phi) is 7.06. The van der Waals surface area contributed by atoms with E-state index in [4.69, 9.17) is 23.2 Å². The number of halogens is 2. The van der Waals surface area contributed by atoms with Crippen LogP contribution in [0, 0.1) is 13.8 Å². The van der Waals surface area contributed by atoms with Gasteiger partial charge in [-0.25, -0.2) is 5.43 Å². The van der Waals surface area contributed by atoms with Crippen LogP contribution in [0.3, 0.4) is 0 Å². The van der Waals surface area contributed by atoms with Gasteiger partial charge in [0.15, 0.2) is 0 Å². The molecular weight excluding hydrogens is 425 g/mol. The summed E-state index contributed by atoms with van der Waals surface area (Å²) >= 11 is 13.9. The number of thioether (sulfide) groups is 1. The van der Waals surface area contributed by atoms with Crippen LogP contribution >= 0.6 is 35.0 Å². The molecule has 3 aromatic rings. The fourth-order valence-electron chi connectivity index (χ4n) is 2.96. The lowest BCUT2D eigenvalue weighted by Gasteiger charge is -2.12. The third-order valence-electron chi connectivity index (χ3n) is 4.42. The van der Waals surface area contributed by atoms with Crippen LogP contribution < -0.4 is 5.43 Å². The Labute approximate surface area is 184 Å². The zero-order valence-corrected chi connectivity index (χ0v) is 18.6. The zero-order chi connectivity index (χ0) is 21.0. The van der Waals surface area contributed by atoms with Crippen LogP contribution in [0.2, 0.25) is 10.0 Å². The summed E-state index contributed by atoms with van der Waals surface area (Å²) < 4.78 is 2.04. The predicted octanol–water partition coefficient (Wildman–Crippen LogP) is 6.03.